The lowest BCUT2D eigenvalue weighted by Gasteiger charge is -2.39. The van der Waals surface area contributed by atoms with Gasteiger partial charge in [-0.25, -0.2) is 0 Å². The number of aliphatic carboxylic acids is 1. The lowest BCUT2D eigenvalue weighted by atomic mass is 9.87. The van der Waals surface area contributed by atoms with E-state index >= 15 is 0 Å². The van der Waals surface area contributed by atoms with E-state index in [4.69, 9.17) is 9.94 Å². The van der Waals surface area contributed by atoms with Crippen LogP contribution in [0.15, 0.2) is 0 Å². The maximum atomic E-state index is 12.1. The molecule has 1 rings (SSSR count). The van der Waals surface area contributed by atoms with Crippen LogP contribution in [0.4, 0.5) is 0 Å². The van der Waals surface area contributed by atoms with Gasteiger partial charge in [0, 0.05) is 12.8 Å². The van der Waals surface area contributed by atoms with E-state index in [-0.39, 0.29) is 12.8 Å². The number of rotatable bonds is 4. The zero-order chi connectivity index (χ0) is 14.8. The van der Waals surface area contributed by atoms with E-state index < -0.39 is 35.1 Å². The second-order valence-corrected chi connectivity index (χ2v) is 4.40. The lowest BCUT2D eigenvalue weighted by molar-refractivity contribution is -0.213. The molecular formula is C11H16N2O6. The van der Waals surface area contributed by atoms with Crippen LogP contribution in [0, 0.1) is 0 Å². The number of hydrogen-bond acceptors (Lipinski definition) is 5. The van der Waals surface area contributed by atoms with Gasteiger partial charge in [-0.2, -0.15) is 5.06 Å². The second kappa shape index (κ2) is 5.35. The quantitative estimate of drug-likeness (QED) is 0.640. The number of ketones is 1. The van der Waals surface area contributed by atoms with Crippen LogP contribution in [-0.2, 0) is 24.0 Å². The first-order chi connectivity index (χ1) is 8.75. The zero-order valence-corrected chi connectivity index (χ0v) is 10.9. The molecule has 1 aliphatic rings. The highest BCUT2D eigenvalue weighted by atomic mass is 16.7. The van der Waals surface area contributed by atoms with Gasteiger partial charge in [-0.3, -0.25) is 24.0 Å². The molecule has 0 aliphatic carbocycles. The van der Waals surface area contributed by atoms with Crippen molar-refractivity contribution in [2.24, 2.45) is 0 Å². The van der Waals surface area contributed by atoms with E-state index in [1.807, 2.05) is 0 Å². The van der Waals surface area contributed by atoms with Crippen LogP contribution in [0.25, 0.3) is 0 Å². The molecule has 1 fully saturated rings. The normalized spacial score (nSPS) is 25.1. The van der Waals surface area contributed by atoms with Gasteiger partial charge in [-0.05, 0) is 13.8 Å². The predicted molar refractivity (Wildman–Crippen MR) is 61.7 cm³/mol. The summed E-state index contributed by atoms with van der Waals surface area (Å²) in [6.45, 7) is 2.50. The lowest BCUT2D eigenvalue weighted by Crippen LogP contribution is -2.66. The van der Waals surface area contributed by atoms with Gasteiger partial charge in [-0.15, -0.1) is 0 Å². The van der Waals surface area contributed by atoms with Crippen LogP contribution in [-0.4, -0.2) is 52.4 Å². The van der Waals surface area contributed by atoms with Gasteiger partial charge in [0.25, 0.3) is 5.91 Å². The molecule has 8 heteroatoms. The van der Waals surface area contributed by atoms with Crippen LogP contribution in [0.1, 0.15) is 26.7 Å². The highest BCUT2D eigenvalue weighted by Gasteiger charge is 2.52. The van der Waals surface area contributed by atoms with E-state index in [1.165, 1.54) is 21.0 Å². The molecule has 1 saturated heterocycles. The molecule has 106 valence electrons. The van der Waals surface area contributed by atoms with Crippen molar-refractivity contribution in [2.45, 2.75) is 38.3 Å². The molecule has 0 spiro atoms. The van der Waals surface area contributed by atoms with Gasteiger partial charge in [0.05, 0.1) is 7.11 Å². The minimum Gasteiger partial charge on any atom is -0.480 e. The van der Waals surface area contributed by atoms with Crippen LogP contribution in [0.3, 0.4) is 0 Å². The molecule has 0 aromatic carbocycles. The Bertz CT molecular complexity index is 435. The van der Waals surface area contributed by atoms with Crippen molar-refractivity contribution >= 4 is 23.6 Å². The summed E-state index contributed by atoms with van der Waals surface area (Å²) in [4.78, 5) is 51.2. The van der Waals surface area contributed by atoms with Crippen molar-refractivity contribution in [2.75, 3.05) is 7.11 Å². The first kappa shape index (κ1) is 15.1. The smallest absolute Gasteiger partial charge is 0.325 e. The summed E-state index contributed by atoms with van der Waals surface area (Å²) in [5.74, 6) is -3.11. The van der Waals surface area contributed by atoms with Crippen LogP contribution in [0.2, 0.25) is 0 Å². The van der Waals surface area contributed by atoms with Gasteiger partial charge in [0.15, 0.2) is 5.78 Å². The molecule has 8 nitrogen and oxygen atoms in total. The van der Waals surface area contributed by atoms with Crippen molar-refractivity contribution < 1.29 is 29.1 Å². The summed E-state index contributed by atoms with van der Waals surface area (Å²) in [7, 11) is 1.17. The first-order valence-electron chi connectivity index (χ1n) is 5.69. The number of nitrogens with zero attached hydrogens (tertiary/aromatic N) is 1. The SMILES string of the molecule is CON1C(=O)CCC(=O)[C@]1(C)C(=O)N[C@@H](C)C(=O)O. The molecule has 0 radical (unpaired) electrons. The maximum absolute atomic E-state index is 12.1. The van der Waals surface area contributed by atoms with E-state index in [2.05, 4.69) is 5.32 Å². The van der Waals surface area contributed by atoms with Crippen LogP contribution < -0.4 is 5.32 Å². The molecule has 2 N–H and O–H groups in total. The third-order valence-electron chi connectivity index (χ3n) is 3.08. The number of Topliss-reactive ketones (excluding diaryl/α,β-unsaturated/α-hetero) is 1. The predicted octanol–water partition coefficient (Wildman–Crippen LogP) is -0.913. The highest BCUT2D eigenvalue weighted by molar-refractivity contribution is 6.15. The number of amides is 2. The van der Waals surface area contributed by atoms with Crippen LogP contribution >= 0.6 is 0 Å². The summed E-state index contributed by atoms with van der Waals surface area (Å²) in [5, 5.41) is 11.6. The fraction of sp³-hybridized carbons (Fsp3) is 0.636. The Labute approximate surface area is 109 Å². The number of piperidine rings is 1. The fourth-order valence-corrected chi connectivity index (χ4v) is 1.83. The molecule has 1 aliphatic heterocycles. The van der Waals surface area contributed by atoms with Crippen molar-refractivity contribution in [3.63, 3.8) is 0 Å². The monoisotopic (exact) mass is 272 g/mol. The molecule has 19 heavy (non-hydrogen) atoms. The Hall–Kier alpha value is -1.96. The Kier molecular flexibility index (Phi) is 4.25. The minimum atomic E-state index is -1.84. The zero-order valence-electron chi connectivity index (χ0n) is 10.9. The Morgan fingerprint density at radius 3 is 2.47 bits per heavy atom. The fourth-order valence-electron chi connectivity index (χ4n) is 1.83. The minimum absolute atomic E-state index is 0.0377. The van der Waals surface area contributed by atoms with Gasteiger partial charge < -0.3 is 10.4 Å². The Morgan fingerprint density at radius 1 is 1.42 bits per heavy atom. The summed E-state index contributed by atoms with van der Waals surface area (Å²) >= 11 is 0. The summed E-state index contributed by atoms with van der Waals surface area (Å²) in [6.07, 6.45) is -0.117. The summed E-state index contributed by atoms with van der Waals surface area (Å²) < 4.78 is 0. The number of hydroxylamine groups is 2. The molecule has 2 amide bonds. The molecular weight excluding hydrogens is 256 g/mol. The molecule has 0 bridgehead atoms. The van der Waals surface area contributed by atoms with E-state index in [0.717, 1.165) is 0 Å². The number of carboxylic acid groups (broad SMARTS) is 1. The Balaban J connectivity index is 3.03. The number of carbonyl (C=O) groups is 4. The van der Waals surface area contributed by atoms with Gasteiger partial charge >= 0.3 is 5.97 Å². The van der Waals surface area contributed by atoms with E-state index in [0.29, 0.717) is 5.06 Å². The standard InChI is InChI=1S/C11H16N2O6/c1-6(9(16)17)12-10(18)11(2)7(14)4-5-8(15)13(11)19-3/h6H,4-5H2,1-3H3,(H,12,18)(H,16,17)/t6-,11+/m0/s1. The number of hydrogen-bond donors (Lipinski definition) is 2. The Morgan fingerprint density at radius 2 is 2.00 bits per heavy atom. The average Bonchev–Trinajstić information content (AvgIpc) is 2.34. The highest BCUT2D eigenvalue weighted by Crippen LogP contribution is 2.26. The second-order valence-electron chi connectivity index (χ2n) is 4.40. The molecule has 1 heterocycles. The van der Waals surface area contributed by atoms with Crippen molar-refractivity contribution in [1.82, 2.24) is 10.4 Å². The van der Waals surface area contributed by atoms with Gasteiger partial charge in [0.1, 0.15) is 6.04 Å². The van der Waals surface area contributed by atoms with E-state index in [9.17, 15) is 19.2 Å². The number of nitrogens with one attached hydrogen (secondary N) is 1. The summed E-state index contributed by atoms with van der Waals surface area (Å²) in [5.41, 5.74) is -1.84. The number of carboxylic acids is 1. The molecule has 0 unspecified atom stereocenters. The molecule has 0 aromatic rings. The summed E-state index contributed by atoms with van der Waals surface area (Å²) in [6, 6.07) is -1.17. The van der Waals surface area contributed by atoms with Crippen LogP contribution in [0.5, 0.6) is 0 Å². The molecule has 0 aromatic heterocycles. The third kappa shape index (κ3) is 2.58. The largest absolute Gasteiger partial charge is 0.480 e. The first-order valence-corrected chi connectivity index (χ1v) is 5.69. The molecule has 2 atom stereocenters. The van der Waals surface area contributed by atoms with Crippen molar-refractivity contribution in [3.05, 3.63) is 0 Å². The van der Waals surface area contributed by atoms with E-state index in [1.54, 1.807) is 0 Å². The topological polar surface area (TPSA) is 113 Å². The van der Waals surface area contributed by atoms with Gasteiger partial charge in [-0.1, -0.05) is 0 Å². The number of carbonyl (C=O) groups excluding carboxylic acids is 3. The maximum Gasteiger partial charge on any atom is 0.325 e. The molecule has 0 saturated carbocycles. The van der Waals surface area contributed by atoms with Crippen molar-refractivity contribution in [1.29, 1.82) is 0 Å². The van der Waals surface area contributed by atoms with Crippen molar-refractivity contribution in [3.8, 4) is 0 Å². The average molecular weight is 272 g/mol. The third-order valence-corrected chi connectivity index (χ3v) is 3.08. The van der Waals surface area contributed by atoms with Gasteiger partial charge in [0.2, 0.25) is 11.4 Å².